The Labute approximate surface area is 157 Å². The molecule has 26 heavy (non-hydrogen) atoms. The van der Waals surface area contributed by atoms with Gasteiger partial charge in [0.25, 0.3) is 0 Å². The number of anilines is 1. The molecule has 3 rings (SSSR count). The van der Waals surface area contributed by atoms with Gasteiger partial charge in [0.1, 0.15) is 0 Å². The van der Waals surface area contributed by atoms with Gasteiger partial charge in [0.05, 0.1) is 24.7 Å². The molecular weight excluding hydrogens is 376 g/mol. The first-order valence-electron chi connectivity index (χ1n) is 8.17. The van der Waals surface area contributed by atoms with E-state index in [1.54, 1.807) is 12.1 Å². The molecule has 0 saturated carbocycles. The van der Waals surface area contributed by atoms with E-state index >= 15 is 0 Å². The maximum Gasteiger partial charge on any atom is 0.240 e. The molecule has 1 fully saturated rings. The quantitative estimate of drug-likeness (QED) is 0.761. The van der Waals surface area contributed by atoms with Gasteiger partial charge in [-0.2, -0.15) is 0 Å². The van der Waals surface area contributed by atoms with Crippen LogP contribution in [0.3, 0.4) is 0 Å². The summed E-state index contributed by atoms with van der Waals surface area (Å²) >= 11 is 5.76. The summed E-state index contributed by atoms with van der Waals surface area (Å²) in [7, 11) is -3.76. The minimum Gasteiger partial charge on any atom is -0.378 e. The Bertz CT molecular complexity index is 861. The van der Waals surface area contributed by atoms with Crippen LogP contribution in [0.2, 0.25) is 5.02 Å². The molecule has 0 atom stereocenters. The predicted octanol–water partition coefficient (Wildman–Crippen LogP) is 2.34. The van der Waals surface area contributed by atoms with Crippen LogP contribution in [0.15, 0.2) is 53.4 Å². The third-order valence-corrected chi connectivity index (χ3v) is 5.78. The fraction of sp³-hybridized carbons (Fsp3) is 0.278. The summed E-state index contributed by atoms with van der Waals surface area (Å²) in [6.07, 6.45) is 0. The van der Waals surface area contributed by atoms with Gasteiger partial charge in [-0.15, -0.1) is 0 Å². The summed E-state index contributed by atoms with van der Waals surface area (Å²) in [5.74, 6) is -0.295. The van der Waals surface area contributed by atoms with Crippen LogP contribution < -0.4 is 9.62 Å². The molecule has 0 aliphatic carbocycles. The summed E-state index contributed by atoms with van der Waals surface area (Å²) in [4.78, 5) is 14.5. The zero-order valence-corrected chi connectivity index (χ0v) is 15.6. The highest BCUT2D eigenvalue weighted by atomic mass is 35.5. The molecule has 0 radical (unpaired) electrons. The number of halogens is 1. The second-order valence-corrected chi connectivity index (χ2v) is 8.05. The number of hydrogen-bond donors (Lipinski definition) is 1. The molecule has 6 nitrogen and oxygen atoms in total. The number of ether oxygens (including phenoxy) is 1. The van der Waals surface area contributed by atoms with Crippen molar-refractivity contribution in [1.29, 1.82) is 0 Å². The number of morpholine rings is 1. The Morgan fingerprint density at radius 2 is 1.65 bits per heavy atom. The first-order chi connectivity index (χ1) is 12.5. The molecule has 0 amide bonds. The van der Waals surface area contributed by atoms with Gasteiger partial charge in [-0.25, -0.2) is 13.1 Å². The van der Waals surface area contributed by atoms with Crippen molar-refractivity contribution < 1.29 is 17.9 Å². The molecule has 1 saturated heterocycles. The average molecular weight is 395 g/mol. The van der Waals surface area contributed by atoms with E-state index in [0.717, 1.165) is 18.8 Å². The van der Waals surface area contributed by atoms with Crippen molar-refractivity contribution in [2.24, 2.45) is 0 Å². The molecule has 0 spiro atoms. The van der Waals surface area contributed by atoms with Gasteiger partial charge in [0.2, 0.25) is 10.0 Å². The van der Waals surface area contributed by atoms with Gasteiger partial charge in [-0.05, 0) is 48.5 Å². The number of nitrogens with zero attached hydrogens (tertiary/aromatic N) is 1. The van der Waals surface area contributed by atoms with E-state index in [1.807, 2.05) is 12.1 Å². The van der Waals surface area contributed by atoms with E-state index in [-0.39, 0.29) is 17.2 Å². The van der Waals surface area contributed by atoms with Gasteiger partial charge in [-0.3, -0.25) is 4.79 Å². The van der Waals surface area contributed by atoms with Crippen molar-refractivity contribution >= 4 is 33.1 Å². The molecule has 2 aromatic carbocycles. The zero-order valence-electron chi connectivity index (χ0n) is 14.0. The zero-order chi connectivity index (χ0) is 18.6. The number of Topliss-reactive ketones (excluding diaryl/α,β-unsaturated/α-hetero) is 1. The fourth-order valence-corrected chi connectivity index (χ4v) is 3.75. The molecule has 0 bridgehead atoms. The fourth-order valence-electron chi connectivity index (χ4n) is 2.64. The Kier molecular flexibility index (Phi) is 5.93. The first kappa shape index (κ1) is 18.8. The Morgan fingerprint density at radius 1 is 1.04 bits per heavy atom. The largest absolute Gasteiger partial charge is 0.378 e. The molecule has 2 aromatic rings. The van der Waals surface area contributed by atoms with E-state index < -0.39 is 10.0 Å². The number of ketones is 1. The highest BCUT2D eigenvalue weighted by molar-refractivity contribution is 7.89. The highest BCUT2D eigenvalue weighted by Crippen LogP contribution is 2.17. The van der Waals surface area contributed by atoms with E-state index in [0.29, 0.717) is 23.8 Å². The molecule has 138 valence electrons. The van der Waals surface area contributed by atoms with Gasteiger partial charge in [0, 0.05) is 29.4 Å². The molecule has 1 aliphatic rings. The second kappa shape index (κ2) is 8.18. The first-order valence-corrected chi connectivity index (χ1v) is 10.0. The Morgan fingerprint density at radius 3 is 2.27 bits per heavy atom. The normalized spacial score (nSPS) is 15.0. The SMILES string of the molecule is O=C(CNS(=O)(=O)c1ccc(Cl)cc1)c1ccc(N2CCOCC2)cc1. The van der Waals surface area contributed by atoms with Gasteiger partial charge in [0.15, 0.2) is 5.78 Å². The van der Waals surface area contributed by atoms with Crippen LogP contribution in [0.4, 0.5) is 5.69 Å². The monoisotopic (exact) mass is 394 g/mol. The third kappa shape index (κ3) is 4.62. The molecular formula is C18H19ClN2O4S. The standard InChI is InChI=1S/C18H19ClN2O4S/c19-15-3-7-17(8-4-15)26(23,24)20-13-18(22)14-1-5-16(6-2-14)21-9-11-25-12-10-21/h1-8,20H,9-13H2. The molecule has 0 aromatic heterocycles. The van der Waals surface area contributed by atoms with Crippen LogP contribution in [0.25, 0.3) is 0 Å². The predicted molar refractivity (Wildman–Crippen MR) is 100 cm³/mol. The molecule has 0 unspecified atom stereocenters. The molecule has 1 N–H and O–H groups in total. The Balaban J connectivity index is 1.61. The van der Waals surface area contributed by atoms with Crippen LogP contribution in [0.5, 0.6) is 0 Å². The highest BCUT2D eigenvalue weighted by Gasteiger charge is 2.17. The number of sulfonamides is 1. The van der Waals surface area contributed by atoms with Crippen LogP contribution in [-0.2, 0) is 14.8 Å². The summed E-state index contributed by atoms with van der Waals surface area (Å²) in [6, 6.07) is 12.9. The van der Waals surface area contributed by atoms with E-state index in [9.17, 15) is 13.2 Å². The summed E-state index contributed by atoms with van der Waals surface area (Å²) in [5, 5.41) is 0.445. The topological polar surface area (TPSA) is 75.7 Å². The van der Waals surface area contributed by atoms with Crippen LogP contribution >= 0.6 is 11.6 Å². The minimum atomic E-state index is -3.76. The molecule has 1 heterocycles. The number of carbonyl (C=O) groups excluding carboxylic acids is 1. The second-order valence-electron chi connectivity index (χ2n) is 5.85. The third-order valence-electron chi connectivity index (χ3n) is 4.11. The molecule has 8 heteroatoms. The lowest BCUT2D eigenvalue weighted by atomic mass is 10.1. The molecule has 1 aliphatic heterocycles. The van der Waals surface area contributed by atoms with Crippen molar-refractivity contribution in [3.63, 3.8) is 0 Å². The number of carbonyl (C=O) groups is 1. The average Bonchev–Trinajstić information content (AvgIpc) is 2.67. The maximum absolute atomic E-state index is 12.3. The lowest BCUT2D eigenvalue weighted by molar-refractivity contribution is 0.0997. The summed E-state index contributed by atoms with van der Waals surface area (Å²) < 4.78 is 32.1. The van der Waals surface area contributed by atoms with Crippen molar-refractivity contribution in [3.8, 4) is 0 Å². The van der Waals surface area contributed by atoms with Crippen molar-refractivity contribution in [2.75, 3.05) is 37.7 Å². The van der Waals surface area contributed by atoms with Crippen molar-refractivity contribution in [2.45, 2.75) is 4.90 Å². The Hall–Kier alpha value is -1.93. The lowest BCUT2D eigenvalue weighted by Crippen LogP contribution is -2.36. The van der Waals surface area contributed by atoms with E-state index in [1.165, 1.54) is 24.3 Å². The van der Waals surface area contributed by atoms with Crippen LogP contribution in [-0.4, -0.2) is 47.0 Å². The number of nitrogens with one attached hydrogen (secondary N) is 1. The minimum absolute atomic E-state index is 0.0670. The maximum atomic E-state index is 12.3. The van der Waals surface area contributed by atoms with E-state index in [2.05, 4.69) is 9.62 Å². The summed E-state index contributed by atoms with van der Waals surface area (Å²) in [6.45, 7) is 2.70. The van der Waals surface area contributed by atoms with Crippen molar-refractivity contribution in [1.82, 2.24) is 4.72 Å². The van der Waals surface area contributed by atoms with Crippen molar-refractivity contribution in [3.05, 3.63) is 59.1 Å². The van der Waals surface area contributed by atoms with Crippen LogP contribution in [0, 0.1) is 0 Å². The van der Waals surface area contributed by atoms with E-state index in [4.69, 9.17) is 16.3 Å². The summed E-state index contributed by atoms with van der Waals surface area (Å²) in [5.41, 5.74) is 1.48. The number of rotatable bonds is 6. The van der Waals surface area contributed by atoms with Gasteiger partial charge < -0.3 is 9.64 Å². The number of benzene rings is 2. The van der Waals surface area contributed by atoms with Gasteiger partial charge >= 0.3 is 0 Å². The number of hydrogen-bond acceptors (Lipinski definition) is 5. The van der Waals surface area contributed by atoms with Gasteiger partial charge in [-0.1, -0.05) is 11.6 Å². The smallest absolute Gasteiger partial charge is 0.240 e. The van der Waals surface area contributed by atoms with Crippen LogP contribution in [0.1, 0.15) is 10.4 Å². The lowest BCUT2D eigenvalue weighted by Gasteiger charge is -2.28.